The molecule has 100 heavy (non-hydrogen) atoms. The number of phosphoric ester groups is 2. The Bertz CT molecular complexity index is 2570. The third kappa shape index (κ3) is 70.8. The van der Waals surface area contributed by atoms with E-state index >= 15 is 0 Å². The van der Waals surface area contributed by atoms with Gasteiger partial charge in [-0.15, -0.1) is 0 Å². The molecule has 0 aliphatic heterocycles. The Morgan fingerprint density at radius 3 is 0.910 bits per heavy atom. The van der Waals surface area contributed by atoms with Crippen LogP contribution in [-0.4, -0.2) is 96.7 Å². The van der Waals surface area contributed by atoms with Gasteiger partial charge in [0.2, 0.25) is 0 Å². The molecule has 17 nitrogen and oxygen atoms in total. The van der Waals surface area contributed by atoms with Crippen LogP contribution in [0.5, 0.6) is 0 Å². The molecule has 0 fully saturated rings. The zero-order valence-electron chi connectivity index (χ0n) is 61.5. The van der Waals surface area contributed by atoms with E-state index in [-0.39, 0.29) is 25.7 Å². The molecule has 5 unspecified atom stereocenters. The molecule has 0 aromatic carbocycles. The zero-order chi connectivity index (χ0) is 73.2. The number of carbonyl (C=O) groups is 4. The van der Waals surface area contributed by atoms with Crippen LogP contribution in [0.4, 0.5) is 0 Å². The first-order valence-electron chi connectivity index (χ1n) is 37.4. The summed E-state index contributed by atoms with van der Waals surface area (Å²) in [5, 5.41) is 10.6. The van der Waals surface area contributed by atoms with Gasteiger partial charge >= 0.3 is 39.5 Å². The van der Waals surface area contributed by atoms with Gasteiger partial charge in [-0.25, -0.2) is 9.13 Å². The third-order valence-corrected chi connectivity index (χ3v) is 16.6. The van der Waals surface area contributed by atoms with Crippen molar-refractivity contribution in [3.05, 3.63) is 170 Å². The molecular weight excluding hydrogens is 1310 g/mol. The van der Waals surface area contributed by atoms with E-state index in [0.29, 0.717) is 32.1 Å². The lowest BCUT2D eigenvalue weighted by Gasteiger charge is -2.21. The average Bonchev–Trinajstić information content (AvgIpc) is 0.937. The summed E-state index contributed by atoms with van der Waals surface area (Å²) >= 11 is 0. The summed E-state index contributed by atoms with van der Waals surface area (Å²) in [6.07, 6.45) is 83.9. The highest BCUT2D eigenvalue weighted by Gasteiger charge is 2.30. The van der Waals surface area contributed by atoms with E-state index in [4.69, 9.17) is 37.0 Å². The van der Waals surface area contributed by atoms with Crippen LogP contribution < -0.4 is 0 Å². The number of phosphoric acid groups is 2. The van der Waals surface area contributed by atoms with Gasteiger partial charge in [0, 0.05) is 19.3 Å². The fourth-order valence-corrected chi connectivity index (χ4v) is 10.7. The molecule has 5 atom stereocenters. The summed E-state index contributed by atoms with van der Waals surface area (Å²) in [4.78, 5) is 72.8. The molecule has 0 radical (unpaired) electrons. The Morgan fingerprint density at radius 2 is 0.560 bits per heavy atom. The number of unbranched alkanes of at least 4 members (excludes halogenated alkanes) is 15. The van der Waals surface area contributed by atoms with E-state index in [2.05, 4.69) is 174 Å². The van der Waals surface area contributed by atoms with Gasteiger partial charge in [-0.1, -0.05) is 256 Å². The van der Waals surface area contributed by atoms with Crippen molar-refractivity contribution in [3.8, 4) is 0 Å². The number of hydrogen-bond acceptors (Lipinski definition) is 15. The number of carbonyl (C=O) groups excluding carboxylic acids is 4. The molecule has 566 valence electrons. The van der Waals surface area contributed by atoms with E-state index < -0.39 is 97.5 Å². The number of aliphatic hydroxyl groups is 1. The SMILES string of the molecule is CC/C=C\C/C=C\C/C=C\C/C=C\C/C=C\CC(=O)OCC(COP(=O)(O)OCC(O)COP(=O)(O)OCC(COC(=O)CCCCCCCCC/C=C\C/C=C\C/C=C\CC)OC(=O)CCCC/C=C\C/C=C\C/C=C\C/C=C\CC)OC(=O)CCCCCCC/C=C\C/C=C\CCC. The van der Waals surface area contributed by atoms with Gasteiger partial charge in [-0.2, -0.15) is 0 Å². The normalized spacial score (nSPS) is 14.9. The summed E-state index contributed by atoms with van der Waals surface area (Å²) in [6, 6.07) is 0. The third-order valence-electron chi connectivity index (χ3n) is 14.7. The fraction of sp³-hybridized carbons (Fsp3) is 0.605. The van der Waals surface area contributed by atoms with Gasteiger partial charge in [0.25, 0.3) is 0 Å². The lowest BCUT2D eigenvalue weighted by molar-refractivity contribution is -0.161. The van der Waals surface area contributed by atoms with Crippen LogP contribution in [-0.2, 0) is 65.4 Å². The largest absolute Gasteiger partial charge is 0.472 e. The number of rotatable bonds is 68. The van der Waals surface area contributed by atoms with Gasteiger partial charge in [0.15, 0.2) is 12.2 Å². The second-order valence-electron chi connectivity index (χ2n) is 24.1. The van der Waals surface area contributed by atoms with E-state index in [1.54, 1.807) is 6.08 Å². The minimum atomic E-state index is -5.01. The second-order valence-corrected chi connectivity index (χ2v) is 27.0. The van der Waals surface area contributed by atoms with Crippen molar-refractivity contribution in [3.63, 3.8) is 0 Å². The quantitative estimate of drug-likeness (QED) is 0.0169. The Balaban J connectivity index is 5.48. The number of esters is 4. The van der Waals surface area contributed by atoms with Crippen LogP contribution in [0.1, 0.15) is 259 Å². The Kier molecular flexibility index (Phi) is 67.8. The lowest BCUT2D eigenvalue weighted by atomic mass is 10.1. The standard InChI is InChI=1S/C81H130O17P2/c1-5-9-13-17-21-25-29-33-36-37-40-43-46-50-54-58-62-66-79(84)92-72-77(98-81(86)68-64-60-56-52-48-44-39-35-31-27-23-19-15-11-7-3)74-96-100(89,90)94-70-75(82)69-93-99(87,88)95-73-76(97-80(85)67-63-59-55-51-47-41-32-28-24-20-16-12-8-4)71-91-78(83)65-61-57-53-49-45-42-38-34-30-26-22-18-14-10-6-2/h9-11,13-16,20-23,25-28,32-36,38-39,45,48-49,52,57,61,75-77,82H,5-8,12,17-19,24,29-31,37,40-44,46-47,50-51,53-56,58-60,62-74H2,1-4H3,(H,87,88)(H,89,90)/b13-9-,14-10-,15-11-,20-16-,25-21-,26-22-,27-23-,32-28-,36-33-,38-34-,39-35-,49-45-,52-48-,61-57-. The molecular formula is C81H130O17P2. The molecule has 0 aromatic heterocycles. The van der Waals surface area contributed by atoms with Gasteiger partial charge in [-0.3, -0.25) is 37.3 Å². The Hall–Kier alpha value is -5.58. The first kappa shape index (κ1) is 94.4. The predicted molar refractivity (Wildman–Crippen MR) is 408 cm³/mol. The number of aliphatic hydroxyl groups excluding tert-OH is 1. The summed E-state index contributed by atoms with van der Waals surface area (Å²) in [7, 11) is -10.0. The van der Waals surface area contributed by atoms with Crippen molar-refractivity contribution < 1.29 is 80.2 Å². The molecule has 0 amide bonds. The highest BCUT2D eigenvalue weighted by atomic mass is 31.2. The minimum Gasteiger partial charge on any atom is -0.462 e. The lowest BCUT2D eigenvalue weighted by Crippen LogP contribution is -2.30. The molecule has 19 heteroatoms. The molecule has 3 N–H and O–H groups in total. The van der Waals surface area contributed by atoms with Crippen LogP contribution in [0.2, 0.25) is 0 Å². The van der Waals surface area contributed by atoms with Crippen LogP contribution in [0.15, 0.2) is 170 Å². The highest BCUT2D eigenvalue weighted by Crippen LogP contribution is 2.45. The van der Waals surface area contributed by atoms with E-state index in [0.717, 1.165) is 173 Å². The molecule has 0 rings (SSSR count). The predicted octanol–water partition coefficient (Wildman–Crippen LogP) is 21.4. The van der Waals surface area contributed by atoms with Crippen LogP contribution in [0.25, 0.3) is 0 Å². The first-order valence-corrected chi connectivity index (χ1v) is 40.4. The maximum Gasteiger partial charge on any atom is 0.472 e. The van der Waals surface area contributed by atoms with Crippen molar-refractivity contribution in [1.82, 2.24) is 0 Å². The van der Waals surface area contributed by atoms with Crippen molar-refractivity contribution in [2.75, 3.05) is 39.6 Å². The van der Waals surface area contributed by atoms with Crippen LogP contribution >= 0.6 is 15.6 Å². The van der Waals surface area contributed by atoms with E-state index in [1.165, 1.54) is 0 Å². The number of allylic oxidation sites excluding steroid dienone is 27. The van der Waals surface area contributed by atoms with Crippen LogP contribution in [0, 0.1) is 0 Å². The Labute approximate surface area is 603 Å². The van der Waals surface area contributed by atoms with Crippen molar-refractivity contribution in [2.45, 2.75) is 277 Å². The first-order chi connectivity index (χ1) is 48.7. The molecule has 0 aliphatic rings. The zero-order valence-corrected chi connectivity index (χ0v) is 63.3. The highest BCUT2D eigenvalue weighted by molar-refractivity contribution is 7.47. The van der Waals surface area contributed by atoms with Gasteiger partial charge < -0.3 is 33.8 Å². The summed E-state index contributed by atoms with van der Waals surface area (Å²) in [5.41, 5.74) is 0. The van der Waals surface area contributed by atoms with Gasteiger partial charge in [0.05, 0.1) is 32.8 Å². The molecule has 0 heterocycles. The number of ether oxygens (including phenoxy) is 4. The smallest absolute Gasteiger partial charge is 0.462 e. The van der Waals surface area contributed by atoms with Gasteiger partial charge in [0.1, 0.15) is 19.3 Å². The molecule has 0 saturated carbocycles. The van der Waals surface area contributed by atoms with Crippen molar-refractivity contribution >= 4 is 39.5 Å². The minimum absolute atomic E-state index is 0.0320. The molecule has 0 saturated heterocycles. The Morgan fingerprint density at radius 1 is 0.300 bits per heavy atom. The molecule has 0 aromatic rings. The van der Waals surface area contributed by atoms with Crippen molar-refractivity contribution in [2.24, 2.45) is 0 Å². The topological polar surface area (TPSA) is 237 Å². The van der Waals surface area contributed by atoms with E-state index in [1.807, 2.05) is 18.2 Å². The van der Waals surface area contributed by atoms with Crippen LogP contribution in [0.3, 0.4) is 0 Å². The maximum absolute atomic E-state index is 13.1. The van der Waals surface area contributed by atoms with Gasteiger partial charge in [-0.05, 0) is 148 Å². The summed E-state index contributed by atoms with van der Waals surface area (Å²) < 4.78 is 68.2. The number of hydrogen-bond donors (Lipinski definition) is 3. The summed E-state index contributed by atoms with van der Waals surface area (Å²) in [6.45, 7) is 4.24. The molecule has 0 spiro atoms. The fourth-order valence-electron chi connectivity index (χ4n) is 9.10. The summed E-state index contributed by atoms with van der Waals surface area (Å²) in [5.74, 6) is -2.42. The average molecular weight is 1440 g/mol. The monoisotopic (exact) mass is 1440 g/mol. The maximum atomic E-state index is 13.1. The van der Waals surface area contributed by atoms with E-state index in [9.17, 15) is 43.2 Å². The molecule has 0 bridgehead atoms. The second kappa shape index (κ2) is 71.8. The molecule has 0 aliphatic carbocycles. The van der Waals surface area contributed by atoms with Crippen molar-refractivity contribution in [1.29, 1.82) is 0 Å².